The first-order valence-electron chi connectivity index (χ1n) is 9.26. The molecule has 0 bridgehead atoms. The highest BCUT2D eigenvalue weighted by Crippen LogP contribution is 2.31. The summed E-state index contributed by atoms with van der Waals surface area (Å²) >= 11 is 6.18. The predicted octanol–water partition coefficient (Wildman–Crippen LogP) is 4.39. The molecule has 4 rings (SSSR count). The molecule has 150 valence electrons. The van der Waals surface area contributed by atoms with E-state index in [9.17, 15) is 12.8 Å². The number of anilines is 1. The average Bonchev–Trinajstić information content (AvgIpc) is 2.68. The molecule has 0 aliphatic carbocycles. The molecule has 0 saturated carbocycles. The molecule has 0 amide bonds. The maximum atomic E-state index is 13.6. The van der Waals surface area contributed by atoms with Crippen LogP contribution in [-0.4, -0.2) is 21.0 Å². The van der Waals surface area contributed by atoms with Crippen LogP contribution in [0.2, 0.25) is 5.02 Å². The molecule has 1 unspecified atom stereocenters. The van der Waals surface area contributed by atoms with Crippen LogP contribution in [0.1, 0.15) is 11.1 Å². The van der Waals surface area contributed by atoms with E-state index in [0.29, 0.717) is 24.5 Å². The molecule has 0 aromatic heterocycles. The van der Waals surface area contributed by atoms with Crippen LogP contribution in [0, 0.1) is 5.82 Å². The maximum Gasteiger partial charge on any atom is 0.240 e. The van der Waals surface area contributed by atoms with Crippen molar-refractivity contribution >= 4 is 27.3 Å². The van der Waals surface area contributed by atoms with Gasteiger partial charge in [0.1, 0.15) is 5.82 Å². The van der Waals surface area contributed by atoms with Crippen molar-refractivity contribution in [1.29, 1.82) is 0 Å². The van der Waals surface area contributed by atoms with Gasteiger partial charge in [-0.1, -0.05) is 41.9 Å². The van der Waals surface area contributed by atoms with Gasteiger partial charge >= 0.3 is 0 Å². The van der Waals surface area contributed by atoms with E-state index in [1.807, 2.05) is 24.3 Å². The molecule has 0 spiro atoms. The summed E-state index contributed by atoms with van der Waals surface area (Å²) in [6, 6.07) is 20.0. The SMILES string of the molecule is O=S(=O)(NC1Cc2cc(Cl)ccc2N(Cc2cccc(F)c2)C1)c1ccccc1. The lowest BCUT2D eigenvalue weighted by Gasteiger charge is -2.36. The van der Waals surface area contributed by atoms with Crippen LogP contribution in [-0.2, 0) is 23.0 Å². The summed E-state index contributed by atoms with van der Waals surface area (Å²) < 4.78 is 42.0. The summed E-state index contributed by atoms with van der Waals surface area (Å²) in [7, 11) is -3.65. The monoisotopic (exact) mass is 430 g/mol. The van der Waals surface area contributed by atoms with Crippen molar-refractivity contribution in [1.82, 2.24) is 4.72 Å². The maximum absolute atomic E-state index is 13.6. The third kappa shape index (κ3) is 4.61. The van der Waals surface area contributed by atoms with Crippen LogP contribution in [0.15, 0.2) is 77.7 Å². The number of rotatable bonds is 5. The van der Waals surface area contributed by atoms with E-state index in [1.54, 1.807) is 36.4 Å². The van der Waals surface area contributed by atoms with E-state index in [-0.39, 0.29) is 16.8 Å². The van der Waals surface area contributed by atoms with Crippen LogP contribution in [0.5, 0.6) is 0 Å². The number of nitrogens with zero attached hydrogens (tertiary/aromatic N) is 1. The molecule has 0 radical (unpaired) electrons. The Hall–Kier alpha value is -2.41. The Balaban J connectivity index is 1.62. The molecule has 0 fully saturated rings. The van der Waals surface area contributed by atoms with E-state index in [2.05, 4.69) is 9.62 Å². The number of sulfonamides is 1. The normalized spacial score (nSPS) is 16.5. The molecule has 7 heteroatoms. The van der Waals surface area contributed by atoms with Gasteiger partial charge in [-0.15, -0.1) is 0 Å². The summed E-state index contributed by atoms with van der Waals surface area (Å²) in [5, 5.41) is 0.598. The Kier molecular flexibility index (Phi) is 5.58. The van der Waals surface area contributed by atoms with Gasteiger partial charge in [-0.2, -0.15) is 0 Å². The van der Waals surface area contributed by atoms with Crippen molar-refractivity contribution in [3.8, 4) is 0 Å². The Morgan fingerprint density at radius 3 is 2.59 bits per heavy atom. The number of benzene rings is 3. The Labute approximate surface area is 175 Å². The predicted molar refractivity (Wildman–Crippen MR) is 113 cm³/mol. The lowest BCUT2D eigenvalue weighted by molar-refractivity contribution is 0.524. The first-order valence-corrected chi connectivity index (χ1v) is 11.1. The van der Waals surface area contributed by atoms with Crippen LogP contribution in [0.25, 0.3) is 0 Å². The van der Waals surface area contributed by atoms with Crippen molar-refractivity contribution in [2.24, 2.45) is 0 Å². The Bertz CT molecular complexity index is 1120. The minimum absolute atomic E-state index is 0.230. The standard InChI is InChI=1S/C22H20ClFN2O2S/c23-18-9-10-22-17(12-18)13-20(25-29(27,28)21-7-2-1-3-8-21)15-26(22)14-16-5-4-6-19(24)11-16/h1-12,20,25H,13-15H2. The molecular formula is C22H20ClFN2O2S. The minimum Gasteiger partial charge on any atom is -0.365 e. The third-order valence-electron chi connectivity index (χ3n) is 4.93. The molecule has 1 heterocycles. The highest BCUT2D eigenvalue weighted by Gasteiger charge is 2.28. The zero-order valence-corrected chi connectivity index (χ0v) is 17.1. The van der Waals surface area contributed by atoms with Gasteiger partial charge < -0.3 is 4.90 Å². The lowest BCUT2D eigenvalue weighted by Crippen LogP contribution is -2.48. The smallest absolute Gasteiger partial charge is 0.240 e. The number of fused-ring (bicyclic) bond motifs is 1. The Morgan fingerprint density at radius 1 is 1.03 bits per heavy atom. The fourth-order valence-corrected chi connectivity index (χ4v) is 5.13. The van der Waals surface area contributed by atoms with Crippen LogP contribution >= 0.6 is 11.6 Å². The second kappa shape index (κ2) is 8.14. The number of halogens is 2. The molecule has 1 atom stereocenters. The average molecular weight is 431 g/mol. The molecule has 3 aromatic rings. The number of nitrogens with one attached hydrogen (secondary N) is 1. The van der Waals surface area contributed by atoms with Gasteiger partial charge in [0.25, 0.3) is 0 Å². The molecular weight excluding hydrogens is 411 g/mol. The highest BCUT2D eigenvalue weighted by atomic mass is 35.5. The molecule has 1 aliphatic heterocycles. The third-order valence-corrected chi connectivity index (χ3v) is 6.70. The summed E-state index contributed by atoms with van der Waals surface area (Å²) in [6.07, 6.45) is 0.529. The van der Waals surface area contributed by atoms with E-state index in [1.165, 1.54) is 12.1 Å². The second-order valence-electron chi connectivity index (χ2n) is 7.12. The van der Waals surface area contributed by atoms with Gasteiger partial charge in [-0.3, -0.25) is 0 Å². The fraction of sp³-hybridized carbons (Fsp3) is 0.182. The van der Waals surface area contributed by atoms with Crippen molar-refractivity contribution < 1.29 is 12.8 Å². The number of hydrogen-bond donors (Lipinski definition) is 1. The fourth-order valence-electron chi connectivity index (χ4n) is 3.69. The molecule has 3 aromatic carbocycles. The van der Waals surface area contributed by atoms with Gasteiger partial charge in [-0.05, 0) is 60.0 Å². The van der Waals surface area contributed by atoms with Crippen LogP contribution < -0.4 is 9.62 Å². The first kappa shape index (κ1) is 19.9. The molecule has 0 saturated heterocycles. The van der Waals surface area contributed by atoms with Crippen LogP contribution in [0.4, 0.5) is 10.1 Å². The van der Waals surface area contributed by atoms with Crippen molar-refractivity contribution in [2.45, 2.75) is 23.9 Å². The molecule has 1 aliphatic rings. The van der Waals surface area contributed by atoms with E-state index < -0.39 is 10.0 Å². The van der Waals surface area contributed by atoms with Crippen LogP contribution in [0.3, 0.4) is 0 Å². The summed E-state index contributed by atoms with van der Waals surface area (Å²) in [5.41, 5.74) is 2.76. The van der Waals surface area contributed by atoms with Gasteiger partial charge in [0, 0.05) is 29.8 Å². The van der Waals surface area contributed by atoms with Gasteiger partial charge in [0.2, 0.25) is 10.0 Å². The molecule has 1 N–H and O–H groups in total. The van der Waals surface area contributed by atoms with Crippen molar-refractivity contribution in [3.05, 3.63) is 94.8 Å². The van der Waals surface area contributed by atoms with Crippen molar-refractivity contribution in [2.75, 3.05) is 11.4 Å². The van der Waals surface area contributed by atoms with Gasteiger partial charge in [0.05, 0.1) is 4.90 Å². The minimum atomic E-state index is -3.65. The molecule has 29 heavy (non-hydrogen) atoms. The summed E-state index contributed by atoms with van der Waals surface area (Å²) in [5.74, 6) is -0.294. The zero-order valence-electron chi connectivity index (χ0n) is 15.6. The molecule has 4 nitrogen and oxygen atoms in total. The van der Waals surface area contributed by atoms with E-state index in [0.717, 1.165) is 16.8 Å². The summed E-state index contributed by atoms with van der Waals surface area (Å²) in [6.45, 7) is 0.938. The second-order valence-corrected chi connectivity index (χ2v) is 9.27. The topological polar surface area (TPSA) is 49.4 Å². The zero-order chi connectivity index (χ0) is 20.4. The first-order chi connectivity index (χ1) is 13.9. The van der Waals surface area contributed by atoms with E-state index >= 15 is 0 Å². The number of hydrogen-bond acceptors (Lipinski definition) is 3. The summed E-state index contributed by atoms with van der Waals surface area (Å²) in [4.78, 5) is 2.29. The van der Waals surface area contributed by atoms with E-state index in [4.69, 9.17) is 11.6 Å². The van der Waals surface area contributed by atoms with Gasteiger partial charge in [-0.25, -0.2) is 17.5 Å². The van der Waals surface area contributed by atoms with Crippen molar-refractivity contribution in [3.63, 3.8) is 0 Å². The largest absolute Gasteiger partial charge is 0.365 e. The Morgan fingerprint density at radius 2 is 1.83 bits per heavy atom. The lowest BCUT2D eigenvalue weighted by atomic mass is 9.98. The van der Waals surface area contributed by atoms with Gasteiger partial charge in [0.15, 0.2) is 0 Å². The highest BCUT2D eigenvalue weighted by molar-refractivity contribution is 7.89. The quantitative estimate of drug-likeness (QED) is 0.653.